The first-order chi connectivity index (χ1) is 19.2. The molecule has 11 heteroatoms. The van der Waals surface area contributed by atoms with Crippen molar-refractivity contribution in [3.05, 3.63) is 83.4 Å². The number of nitrogens with zero attached hydrogens (tertiary/aromatic N) is 2. The number of likely N-dealkylation sites (N-methyl/N-ethyl adjacent to an activating group) is 1. The van der Waals surface area contributed by atoms with Crippen LogP contribution in [0.25, 0.3) is 0 Å². The SMILES string of the molecule is CCNC(=O)[C@H](CC)N(Cc1ccccc1)C(=O)CN(c1ccc(Cl)cc1)S(=O)(=O)c1ccc(OC)c(OC)c1. The fourth-order valence-corrected chi connectivity index (χ4v) is 5.79. The second-order valence-electron chi connectivity index (χ2n) is 8.83. The molecule has 3 aromatic carbocycles. The molecular weight excluding hydrogens is 554 g/mol. The van der Waals surface area contributed by atoms with Crippen LogP contribution in [0.15, 0.2) is 77.7 Å². The van der Waals surface area contributed by atoms with Crippen LogP contribution >= 0.6 is 11.6 Å². The van der Waals surface area contributed by atoms with Crippen molar-refractivity contribution >= 4 is 39.1 Å². The van der Waals surface area contributed by atoms with Crippen LogP contribution in [0.4, 0.5) is 5.69 Å². The lowest BCUT2D eigenvalue weighted by atomic mass is 10.1. The van der Waals surface area contributed by atoms with Gasteiger partial charge in [-0.05, 0) is 55.3 Å². The van der Waals surface area contributed by atoms with Gasteiger partial charge in [-0.3, -0.25) is 13.9 Å². The predicted octanol–water partition coefficient (Wildman–Crippen LogP) is 4.50. The van der Waals surface area contributed by atoms with E-state index < -0.39 is 28.5 Å². The highest BCUT2D eigenvalue weighted by atomic mass is 35.5. The molecule has 0 aliphatic carbocycles. The van der Waals surface area contributed by atoms with E-state index in [1.165, 1.54) is 49.5 Å². The topological polar surface area (TPSA) is 105 Å². The summed E-state index contributed by atoms with van der Waals surface area (Å²) >= 11 is 6.07. The number of halogens is 1. The van der Waals surface area contributed by atoms with E-state index in [4.69, 9.17) is 21.1 Å². The maximum absolute atomic E-state index is 14.0. The Morgan fingerprint density at radius 2 is 1.57 bits per heavy atom. The minimum Gasteiger partial charge on any atom is -0.493 e. The minimum absolute atomic E-state index is 0.0988. The molecule has 0 fully saturated rings. The molecule has 1 atom stereocenters. The van der Waals surface area contributed by atoms with Crippen molar-refractivity contribution in [2.75, 3.05) is 31.6 Å². The average Bonchev–Trinajstić information content (AvgIpc) is 2.96. The van der Waals surface area contributed by atoms with Gasteiger partial charge < -0.3 is 19.7 Å². The van der Waals surface area contributed by atoms with Crippen LogP contribution in [0.3, 0.4) is 0 Å². The Morgan fingerprint density at radius 1 is 0.925 bits per heavy atom. The number of carbonyl (C=O) groups excluding carboxylic acids is 2. The molecule has 0 aromatic heterocycles. The van der Waals surface area contributed by atoms with E-state index in [0.717, 1.165) is 9.87 Å². The van der Waals surface area contributed by atoms with Crippen LogP contribution < -0.4 is 19.1 Å². The van der Waals surface area contributed by atoms with Crippen LogP contribution in [0, 0.1) is 0 Å². The summed E-state index contributed by atoms with van der Waals surface area (Å²) in [7, 11) is -1.43. The predicted molar refractivity (Wildman–Crippen MR) is 155 cm³/mol. The van der Waals surface area contributed by atoms with Crippen molar-refractivity contribution in [3.63, 3.8) is 0 Å². The zero-order valence-corrected chi connectivity index (χ0v) is 24.5. The molecule has 0 saturated heterocycles. The number of nitrogens with one attached hydrogen (secondary N) is 1. The van der Waals surface area contributed by atoms with Crippen LogP contribution in [-0.4, -0.2) is 58.5 Å². The van der Waals surface area contributed by atoms with E-state index in [2.05, 4.69) is 5.32 Å². The summed E-state index contributed by atoms with van der Waals surface area (Å²) < 4.78 is 39.6. The van der Waals surface area contributed by atoms with Crippen molar-refractivity contribution in [3.8, 4) is 11.5 Å². The Kier molecular flexibility index (Phi) is 10.8. The standard InChI is InChI=1S/C29H34ClN3O6S/c1-5-25(29(35)31-6-2)32(19-21-10-8-7-9-11-21)28(34)20-33(23-14-12-22(30)13-15-23)40(36,37)24-16-17-26(38-3)27(18-24)39-4/h7-18,25H,5-6,19-20H2,1-4H3,(H,31,35)/t25-/m0/s1. The fourth-order valence-electron chi connectivity index (χ4n) is 4.23. The maximum Gasteiger partial charge on any atom is 0.264 e. The van der Waals surface area contributed by atoms with Gasteiger partial charge in [-0.25, -0.2) is 8.42 Å². The summed E-state index contributed by atoms with van der Waals surface area (Å²) in [6, 6.07) is 18.8. The largest absolute Gasteiger partial charge is 0.493 e. The number of carbonyl (C=O) groups is 2. The number of hydrogen-bond donors (Lipinski definition) is 1. The molecule has 0 aliphatic heterocycles. The van der Waals surface area contributed by atoms with E-state index in [9.17, 15) is 18.0 Å². The molecule has 0 heterocycles. The number of sulfonamides is 1. The monoisotopic (exact) mass is 587 g/mol. The van der Waals surface area contributed by atoms with Gasteiger partial charge in [-0.15, -0.1) is 0 Å². The minimum atomic E-state index is -4.28. The Hall–Kier alpha value is -3.76. The molecule has 0 spiro atoms. The van der Waals surface area contributed by atoms with Crippen LogP contribution in [-0.2, 0) is 26.2 Å². The van der Waals surface area contributed by atoms with Gasteiger partial charge in [0, 0.05) is 24.2 Å². The van der Waals surface area contributed by atoms with Crippen molar-refractivity contribution in [1.29, 1.82) is 0 Å². The second kappa shape index (κ2) is 14.0. The van der Waals surface area contributed by atoms with Crippen molar-refractivity contribution in [2.24, 2.45) is 0 Å². The van der Waals surface area contributed by atoms with Crippen molar-refractivity contribution in [2.45, 2.75) is 37.8 Å². The molecular formula is C29H34ClN3O6S. The van der Waals surface area contributed by atoms with Gasteiger partial charge in [-0.1, -0.05) is 48.9 Å². The smallest absolute Gasteiger partial charge is 0.264 e. The molecule has 1 N–H and O–H groups in total. The highest BCUT2D eigenvalue weighted by Crippen LogP contribution is 2.32. The lowest BCUT2D eigenvalue weighted by Crippen LogP contribution is -2.52. The first kappa shape index (κ1) is 30.8. The quantitative estimate of drug-likeness (QED) is 0.316. The number of hydrogen-bond acceptors (Lipinski definition) is 6. The van der Waals surface area contributed by atoms with Crippen molar-refractivity contribution < 1.29 is 27.5 Å². The molecule has 0 unspecified atom stereocenters. The molecule has 3 aromatic rings. The Bertz CT molecular complexity index is 1400. The molecule has 214 valence electrons. The van der Waals surface area contributed by atoms with Gasteiger partial charge in [0.15, 0.2) is 11.5 Å². The molecule has 0 bridgehead atoms. The summed E-state index contributed by atoms with van der Waals surface area (Å²) in [6.45, 7) is 3.57. The van der Waals surface area contributed by atoms with Crippen LogP contribution in [0.2, 0.25) is 5.02 Å². The van der Waals surface area contributed by atoms with Gasteiger partial charge in [-0.2, -0.15) is 0 Å². The zero-order chi connectivity index (χ0) is 29.3. The number of amides is 2. The lowest BCUT2D eigenvalue weighted by Gasteiger charge is -2.33. The number of rotatable bonds is 13. The highest BCUT2D eigenvalue weighted by Gasteiger charge is 2.34. The third-order valence-electron chi connectivity index (χ3n) is 6.27. The second-order valence-corrected chi connectivity index (χ2v) is 11.1. The van der Waals surface area contributed by atoms with Crippen LogP contribution in [0.1, 0.15) is 25.8 Å². The molecule has 0 saturated carbocycles. The molecule has 40 heavy (non-hydrogen) atoms. The normalized spacial score (nSPS) is 11.8. The lowest BCUT2D eigenvalue weighted by molar-refractivity contribution is -0.140. The highest BCUT2D eigenvalue weighted by molar-refractivity contribution is 7.92. The van der Waals surface area contributed by atoms with E-state index >= 15 is 0 Å². The van der Waals surface area contributed by atoms with Gasteiger partial charge >= 0.3 is 0 Å². The van der Waals surface area contributed by atoms with Gasteiger partial charge in [0.1, 0.15) is 12.6 Å². The van der Waals surface area contributed by atoms with Gasteiger partial charge in [0.2, 0.25) is 11.8 Å². The summed E-state index contributed by atoms with van der Waals surface area (Å²) in [5, 5.41) is 3.19. The molecule has 0 radical (unpaired) electrons. The number of methoxy groups -OCH3 is 2. The van der Waals surface area contributed by atoms with Crippen LogP contribution in [0.5, 0.6) is 11.5 Å². The number of anilines is 1. The molecule has 0 aliphatic rings. The van der Waals surface area contributed by atoms with Gasteiger partial charge in [0.25, 0.3) is 10.0 Å². The van der Waals surface area contributed by atoms with E-state index in [1.807, 2.05) is 37.3 Å². The summed E-state index contributed by atoms with van der Waals surface area (Å²) in [6.07, 6.45) is 0.341. The van der Waals surface area contributed by atoms with E-state index in [1.54, 1.807) is 19.1 Å². The Balaban J connectivity index is 2.08. The maximum atomic E-state index is 14.0. The fraction of sp³-hybridized carbons (Fsp3) is 0.310. The first-order valence-electron chi connectivity index (χ1n) is 12.8. The summed E-state index contributed by atoms with van der Waals surface area (Å²) in [5.74, 6) is -0.271. The molecule has 9 nitrogen and oxygen atoms in total. The van der Waals surface area contributed by atoms with Gasteiger partial charge in [0.05, 0.1) is 24.8 Å². The van der Waals surface area contributed by atoms with Crippen molar-refractivity contribution in [1.82, 2.24) is 10.2 Å². The molecule has 2 amide bonds. The zero-order valence-electron chi connectivity index (χ0n) is 23.0. The third-order valence-corrected chi connectivity index (χ3v) is 8.29. The third kappa shape index (κ3) is 7.25. The van der Waals surface area contributed by atoms with E-state index in [0.29, 0.717) is 23.7 Å². The first-order valence-corrected chi connectivity index (χ1v) is 14.6. The Labute approximate surface area is 240 Å². The molecule has 3 rings (SSSR count). The van der Waals surface area contributed by atoms with E-state index in [-0.39, 0.29) is 28.8 Å². The number of ether oxygens (including phenoxy) is 2. The summed E-state index contributed by atoms with van der Waals surface area (Å²) in [4.78, 5) is 28.3. The number of benzene rings is 3. The Morgan fingerprint density at radius 3 is 2.15 bits per heavy atom. The summed E-state index contributed by atoms with van der Waals surface area (Å²) in [5.41, 5.74) is 1.04. The average molecular weight is 588 g/mol.